The first kappa shape index (κ1) is 21.4. The van der Waals surface area contributed by atoms with Crippen molar-refractivity contribution < 1.29 is 14.3 Å². The third kappa shape index (κ3) is 6.34. The molecule has 0 atom stereocenters. The molecule has 0 radical (unpaired) electrons. The van der Waals surface area contributed by atoms with Gasteiger partial charge in [0.05, 0.1) is 0 Å². The van der Waals surface area contributed by atoms with E-state index in [4.69, 9.17) is 4.74 Å². The molecule has 7 nitrogen and oxygen atoms in total. The average Bonchev–Trinajstić information content (AvgIpc) is 2.72. The standard InChI is InChI=1S/C22H34N4O3/c1-22(2,3)29-21(28)24-16-17-7-9-18(10-8-17)20(27)26-14-12-25(13-15-26)19-6-4-5-11-23-19/h4-6,11,17-18H,7-10,12-16H2,1-3H3,(H,24,28). The summed E-state index contributed by atoms with van der Waals surface area (Å²) in [4.78, 5) is 33.4. The number of pyridine rings is 1. The number of piperazine rings is 1. The van der Waals surface area contributed by atoms with E-state index in [1.807, 2.05) is 50.1 Å². The molecule has 29 heavy (non-hydrogen) atoms. The lowest BCUT2D eigenvalue weighted by Crippen LogP contribution is -2.51. The molecule has 1 aliphatic carbocycles. The van der Waals surface area contributed by atoms with E-state index >= 15 is 0 Å². The molecule has 160 valence electrons. The second-order valence-electron chi connectivity index (χ2n) is 9.10. The Labute approximate surface area is 173 Å². The number of alkyl carbamates (subject to hydrolysis) is 1. The highest BCUT2D eigenvalue weighted by atomic mass is 16.6. The molecule has 1 N–H and O–H groups in total. The Bertz CT molecular complexity index is 673. The lowest BCUT2D eigenvalue weighted by atomic mass is 9.81. The molecule has 1 saturated heterocycles. The van der Waals surface area contributed by atoms with Crippen LogP contribution in [0.15, 0.2) is 24.4 Å². The Morgan fingerprint density at radius 3 is 2.38 bits per heavy atom. The van der Waals surface area contributed by atoms with Gasteiger partial charge in [-0.1, -0.05) is 6.07 Å². The second kappa shape index (κ2) is 9.46. The quantitative estimate of drug-likeness (QED) is 0.838. The van der Waals surface area contributed by atoms with Crippen LogP contribution in [0.5, 0.6) is 0 Å². The van der Waals surface area contributed by atoms with Gasteiger partial charge in [0, 0.05) is 44.8 Å². The first-order valence-corrected chi connectivity index (χ1v) is 10.7. The molecule has 1 aromatic rings. The lowest BCUT2D eigenvalue weighted by molar-refractivity contribution is -0.137. The van der Waals surface area contributed by atoms with Gasteiger partial charge in [-0.05, 0) is 64.5 Å². The molecule has 2 aliphatic rings. The van der Waals surface area contributed by atoms with Crippen molar-refractivity contribution in [1.82, 2.24) is 15.2 Å². The monoisotopic (exact) mass is 402 g/mol. The number of anilines is 1. The van der Waals surface area contributed by atoms with Crippen molar-refractivity contribution in [3.63, 3.8) is 0 Å². The van der Waals surface area contributed by atoms with Crippen LogP contribution < -0.4 is 10.2 Å². The van der Waals surface area contributed by atoms with Gasteiger partial charge in [-0.3, -0.25) is 4.79 Å². The summed E-state index contributed by atoms with van der Waals surface area (Å²) in [6.07, 6.45) is 5.20. The maximum absolute atomic E-state index is 12.9. The van der Waals surface area contributed by atoms with Crippen molar-refractivity contribution in [3.05, 3.63) is 24.4 Å². The van der Waals surface area contributed by atoms with Crippen LogP contribution in [-0.4, -0.2) is 60.2 Å². The number of carbonyl (C=O) groups is 2. The van der Waals surface area contributed by atoms with Gasteiger partial charge in [0.2, 0.25) is 5.91 Å². The molecule has 1 saturated carbocycles. The molecule has 1 aliphatic heterocycles. The lowest BCUT2D eigenvalue weighted by Gasteiger charge is -2.38. The number of nitrogens with one attached hydrogen (secondary N) is 1. The van der Waals surface area contributed by atoms with Gasteiger partial charge in [0.1, 0.15) is 11.4 Å². The predicted octanol–water partition coefficient (Wildman–Crippen LogP) is 3.06. The first-order chi connectivity index (χ1) is 13.8. The number of ether oxygens (including phenoxy) is 1. The zero-order chi connectivity index (χ0) is 20.9. The van der Waals surface area contributed by atoms with Crippen LogP contribution in [0.3, 0.4) is 0 Å². The fourth-order valence-electron chi connectivity index (χ4n) is 4.11. The van der Waals surface area contributed by atoms with Crippen molar-refractivity contribution in [2.45, 2.75) is 52.1 Å². The molecule has 2 heterocycles. The van der Waals surface area contributed by atoms with Gasteiger partial charge in [0.25, 0.3) is 0 Å². The van der Waals surface area contributed by atoms with Gasteiger partial charge >= 0.3 is 6.09 Å². The summed E-state index contributed by atoms with van der Waals surface area (Å²) in [5.41, 5.74) is -0.477. The topological polar surface area (TPSA) is 74.8 Å². The summed E-state index contributed by atoms with van der Waals surface area (Å²) in [5, 5.41) is 2.87. The van der Waals surface area contributed by atoms with E-state index in [0.29, 0.717) is 18.4 Å². The van der Waals surface area contributed by atoms with Crippen LogP contribution in [0.4, 0.5) is 10.6 Å². The molecular formula is C22H34N4O3. The van der Waals surface area contributed by atoms with E-state index in [2.05, 4.69) is 15.2 Å². The van der Waals surface area contributed by atoms with Gasteiger partial charge in [-0.2, -0.15) is 0 Å². The molecule has 0 aromatic carbocycles. The Balaban J connectivity index is 1.38. The maximum atomic E-state index is 12.9. The minimum absolute atomic E-state index is 0.120. The van der Waals surface area contributed by atoms with Gasteiger partial charge in [-0.15, -0.1) is 0 Å². The third-order valence-corrected chi connectivity index (χ3v) is 5.69. The van der Waals surface area contributed by atoms with Crippen molar-refractivity contribution >= 4 is 17.8 Å². The smallest absolute Gasteiger partial charge is 0.407 e. The van der Waals surface area contributed by atoms with E-state index in [9.17, 15) is 9.59 Å². The zero-order valence-corrected chi connectivity index (χ0v) is 17.9. The van der Waals surface area contributed by atoms with Crippen LogP contribution in [0.2, 0.25) is 0 Å². The SMILES string of the molecule is CC(C)(C)OC(=O)NCC1CCC(C(=O)N2CCN(c3ccccn3)CC2)CC1. The average molecular weight is 403 g/mol. The molecule has 3 rings (SSSR count). The predicted molar refractivity (Wildman–Crippen MR) is 113 cm³/mol. The summed E-state index contributed by atoms with van der Waals surface area (Å²) in [6.45, 7) is 9.39. The fourth-order valence-corrected chi connectivity index (χ4v) is 4.11. The molecule has 2 fully saturated rings. The number of rotatable bonds is 4. The van der Waals surface area contributed by atoms with E-state index in [1.165, 1.54) is 0 Å². The van der Waals surface area contributed by atoms with E-state index in [1.54, 1.807) is 0 Å². The number of aromatic nitrogens is 1. The van der Waals surface area contributed by atoms with E-state index in [-0.39, 0.29) is 12.0 Å². The number of hydrogen-bond acceptors (Lipinski definition) is 5. The molecule has 0 bridgehead atoms. The van der Waals surface area contributed by atoms with E-state index < -0.39 is 5.60 Å². The van der Waals surface area contributed by atoms with Gasteiger partial charge in [-0.25, -0.2) is 9.78 Å². The summed E-state index contributed by atoms with van der Waals surface area (Å²) in [6, 6.07) is 5.93. The molecule has 2 amide bonds. The Morgan fingerprint density at radius 1 is 1.10 bits per heavy atom. The van der Waals surface area contributed by atoms with Crippen molar-refractivity contribution in [1.29, 1.82) is 0 Å². The minimum atomic E-state index is -0.477. The Kier molecular flexibility index (Phi) is 6.98. The molecule has 1 aromatic heterocycles. The largest absolute Gasteiger partial charge is 0.444 e. The van der Waals surface area contributed by atoms with Crippen LogP contribution in [0, 0.1) is 11.8 Å². The number of nitrogens with zero attached hydrogens (tertiary/aromatic N) is 3. The molecule has 7 heteroatoms. The van der Waals surface area contributed by atoms with Crippen molar-refractivity contribution in [2.24, 2.45) is 11.8 Å². The van der Waals surface area contributed by atoms with Crippen LogP contribution in [0.25, 0.3) is 0 Å². The maximum Gasteiger partial charge on any atom is 0.407 e. The normalized spacial score (nSPS) is 22.9. The van der Waals surface area contributed by atoms with Crippen LogP contribution in [0.1, 0.15) is 46.5 Å². The third-order valence-electron chi connectivity index (χ3n) is 5.69. The zero-order valence-electron chi connectivity index (χ0n) is 17.9. The highest BCUT2D eigenvalue weighted by Crippen LogP contribution is 2.30. The van der Waals surface area contributed by atoms with Gasteiger partial charge in [0.15, 0.2) is 0 Å². The summed E-state index contributed by atoms with van der Waals surface area (Å²) in [7, 11) is 0. The molecular weight excluding hydrogens is 368 g/mol. The number of carbonyl (C=O) groups excluding carboxylic acids is 2. The highest BCUT2D eigenvalue weighted by molar-refractivity contribution is 5.79. The minimum Gasteiger partial charge on any atom is -0.444 e. The van der Waals surface area contributed by atoms with Crippen LogP contribution in [-0.2, 0) is 9.53 Å². The molecule has 0 spiro atoms. The van der Waals surface area contributed by atoms with Crippen LogP contribution >= 0.6 is 0 Å². The summed E-state index contributed by atoms with van der Waals surface area (Å²) >= 11 is 0. The Hall–Kier alpha value is -2.31. The number of hydrogen-bond donors (Lipinski definition) is 1. The first-order valence-electron chi connectivity index (χ1n) is 10.7. The summed E-state index contributed by atoms with van der Waals surface area (Å²) in [5.74, 6) is 1.82. The van der Waals surface area contributed by atoms with Crippen molar-refractivity contribution in [3.8, 4) is 0 Å². The number of amides is 2. The summed E-state index contributed by atoms with van der Waals surface area (Å²) < 4.78 is 5.29. The van der Waals surface area contributed by atoms with Gasteiger partial charge < -0.3 is 19.9 Å². The molecule has 0 unspecified atom stereocenters. The van der Waals surface area contributed by atoms with Crippen molar-refractivity contribution in [2.75, 3.05) is 37.6 Å². The Morgan fingerprint density at radius 2 is 1.79 bits per heavy atom. The fraction of sp³-hybridized carbons (Fsp3) is 0.682. The second-order valence-corrected chi connectivity index (χ2v) is 9.10. The van der Waals surface area contributed by atoms with E-state index in [0.717, 1.165) is 57.7 Å². The highest BCUT2D eigenvalue weighted by Gasteiger charge is 2.31.